The van der Waals surface area contributed by atoms with Gasteiger partial charge in [0.15, 0.2) is 0 Å². The second kappa shape index (κ2) is 7.33. The fourth-order valence-corrected chi connectivity index (χ4v) is 1.35. The van der Waals surface area contributed by atoms with Crippen molar-refractivity contribution in [2.45, 2.75) is 12.8 Å². The van der Waals surface area contributed by atoms with Gasteiger partial charge in [0, 0.05) is 12.1 Å². The van der Waals surface area contributed by atoms with Crippen LogP contribution in [0.4, 0.5) is 5.69 Å². The average Bonchev–Trinajstić information content (AvgIpc) is 2.37. The highest BCUT2D eigenvalue weighted by atomic mass is 16.3. The molecular weight excluding hydrogens is 230 g/mol. The molecule has 96 valence electrons. The summed E-state index contributed by atoms with van der Waals surface area (Å²) in [5.74, 6) is 5.34. The van der Waals surface area contributed by atoms with Crippen LogP contribution in [0.15, 0.2) is 18.2 Å². The fourth-order valence-electron chi connectivity index (χ4n) is 1.35. The summed E-state index contributed by atoms with van der Waals surface area (Å²) in [6.07, 6.45) is 1.02. The molecule has 0 saturated heterocycles. The van der Waals surface area contributed by atoms with E-state index in [2.05, 4.69) is 17.2 Å². The zero-order chi connectivity index (χ0) is 13.4. The van der Waals surface area contributed by atoms with Crippen molar-refractivity contribution >= 4 is 11.6 Å². The predicted octanol–water partition coefficient (Wildman–Crippen LogP) is 0.380. The number of aromatic hydroxyl groups is 1. The molecular formula is C13H17N3O2. The summed E-state index contributed by atoms with van der Waals surface area (Å²) in [7, 11) is 0. The van der Waals surface area contributed by atoms with E-state index in [1.165, 1.54) is 6.07 Å². The smallest absolute Gasteiger partial charge is 0.224 e. The van der Waals surface area contributed by atoms with Crippen LogP contribution in [0.5, 0.6) is 5.75 Å². The molecule has 0 atom stereocenters. The van der Waals surface area contributed by atoms with Gasteiger partial charge in [-0.25, -0.2) is 0 Å². The summed E-state index contributed by atoms with van der Waals surface area (Å²) < 4.78 is 0. The summed E-state index contributed by atoms with van der Waals surface area (Å²) in [6.45, 7) is 0.697. The van der Waals surface area contributed by atoms with Crippen LogP contribution in [-0.2, 0) is 4.79 Å². The van der Waals surface area contributed by atoms with Crippen LogP contribution in [0.3, 0.4) is 0 Å². The van der Waals surface area contributed by atoms with Crippen LogP contribution in [0.1, 0.15) is 18.4 Å². The maximum Gasteiger partial charge on any atom is 0.224 e. The number of hydrogen-bond acceptors (Lipinski definition) is 4. The number of carbonyl (C=O) groups excluding carboxylic acids is 1. The highest BCUT2D eigenvalue weighted by molar-refractivity contribution is 5.91. The molecule has 0 spiro atoms. The molecule has 0 aromatic heterocycles. The Morgan fingerprint density at radius 2 is 2.17 bits per heavy atom. The number of carbonyl (C=O) groups is 1. The summed E-state index contributed by atoms with van der Waals surface area (Å²) in [5, 5.41) is 12.3. The third-order valence-corrected chi connectivity index (χ3v) is 2.21. The number of rotatable bonds is 4. The Hall–Kier alpha value is -2.03. The van der Waals surface area contributed by atoms with Crippen molar-refractivity contribution in [3.05, 3.63) is 23.8 Å². The van der Waals surface area contributed by atoms with Gasteiger partial charge in [0.05, 0.1) is 12.1 Å². The van der Waals surface area contributed by atoms with Crippen LogP contribution in [0, 0.1) is 11.8 Å². The molecule has 5 nitrogen and oxygen atoms in total. The molecule has 1 amide bonds. The number of hydrogen-bond donors (Lipinski definition) is 4. The normalized spacial score (nSPS) is 9.44. The van der Waals surface area contributed by atoms with Gasteiger partial charge in [-0.1, -0.05) is 11.8 Å². The van der Waals surface area contributed by atoms with Gasteiger partial charge in [-0.3, -0.25) is 4.79 Å². The van der Waals surface area contributed by atoms with Crippen LogP contribution in [0.25, 0.3) is 0 Å². The van der Waals surface area contributed by atoms with Gasteiger partial charge < -0.3 is 21.9 Å². The number of phenolic OH excluding ortho intramolecular Hbond substituents is 1. The maximum absolute atomic E-state index is 11.5. The molecule has 0 aliphatic rings. The van der Waals surface area contributed by atoms with Crippen LogP contribution >= 0.6 is 0 Å². The molecule has 1 aromatic carbocycles. The SMILES string of the molecule is NCC#Cc1cc(NC(=O)CCCN)ccc1O. The molecule has 6 N–H and O–H groups in total. The second-order valence-electron chi connectivity index (χ2n) is 3.68. The minimum absolute atomic E-state index is 0.0657. The number of amides is 1. The molecule has 0 bridgehead atoms. The van der Waals surface area contributed by atoms with Crippen LogP contribution in [0.2, 0.25) is 0 Å². The van der Waals surface area contributed by atoms with Gasteiger partial charge in [0.1, 0.15) is 5.75 Å². The Balaban J connectivity index is 2.75. The van der Waals surface area contributed by atoms with Crippen molar-refractivity contribution in [2.24, 2.45) is 11.5 Å². The zero-order valence-electron chi connectivity index (χ0n) is 10.1. The van der Waals surface area contributed by atoms with Gasteiger partial charge in [0.25, 0.3) is 0 Å². The molecule has 5 heteroatoms. The largest absolute Gasteiger partial charge is 0.507 e. The van der Waals surface area contributed by atoms with Crippen molar-refractivity contribution in [2.75, 3.05) is 18.4 Å². The number of nitrogens with two attached hydrogens (primary N) is 2. The Morgan fingerprint density at radius 3 is 2.83 bits per heavy atom. The summed E-state index contributed by atoms with van der Waals surface area (Å²) in [6, 6.07) is 4.71. The Morgan fingerprint density at radius 1 is 1.39 bits per heavy atom. The first-order valence-corrected chi connectivity index (χ1v) is 5.69. The molecule has 0 fully saturated rings. The minimum Gasteiger partial charge on any atom is -0.507 e. The third-order valence-electron chi connectivity index (χ3n) is 2.21. The topological polar surface area (TPSA) is 101 Å². The van der Waals surface area contributed by atoms with E-state index in [0.717, 1.165) is 0 Å². The Labute approximate surface area is 106 Å². The number of nitrogens with one attached hydrogen (secondary N) is 1. The zero-order valence-corrected chi connectivity index (χ0v) is 10.1. The quantitative estimate of drug-likeness (QED) is 0.456. The lowest BCUT2D eigenvalue weighted by Gasteiger charge is -2.06. The lowest BCUT2D eigenvalue weighted by Crippen LogP contribution is -2.13. The van der Waals surface area contributed by atoms with E-state index in [9.17, 15) is 9.90 Å². The summed E-state index contributed by atoms with van der Waals surface area (Å²) in [5.41, 5.74) is 11.6. The standard InChI is InChI=1S/C13H17N3O2/c14-7-1-3-10-9-11(5-6-12(10)17)16-13(18)4-2-8-15/h5-6,9,17H,2,4,7-8,14-15H2,(H,16,18). The van der Waals surface area contributed by atoms with Crippen molar-refractivity contribution < 1.29 is 9.90 Å². The lowest BCUT2D eigenvalue weighted by molar-refractivity contribution is -0.116. The number of benzene rings is 1. The lowest BCUT2D eigenvalue weighted by atomic mass is 10.1. The van der Waals surface area contributed by atoms with Crippen LogP contribution in [-0.4, -0.2) is 24.1 Å². The van der Waals surface area contributed by atoms with E-state index in [-0.39, 0.29) is 18.2 Å². The average molecular weight is 247 g/mol. The first kappa shape index (κ1) is 14.0. The third kappa shape index (κ3) is 4.45. The highest BCUT2D eigenvalue weighted by Gasteiger charge is 2.04. The van der Waals surface area contributed by atoms with Crippen molar-refractivity contribution in [3.63, 3.8) is 0 Å². The molecule has 0 aliphatic carbocycles. The van der Waals surface area contributed by atoms with Gasteiger partial charge in [-0.2, -0.15) is 0 Å². The van der Waals surface area contributed by atoms with E-state index in [0.29, 0.717) is 30.6 Å². The van der Waals surface area contributed by atoms with Gasteiger partial charge in [-0.05, 0) is 31.2 Å². The number of phenols is 1. The van der Waals surface area contributed by atoms with Crippen molar-refractivity contribution in [3.8, 4) is 17.6 Å². The van der Waals surface area contributed by atoms with Gasteiger partial charge in [-0.15, -0.1) is 0 Å². The molecule has 0 unspecified atom stereocenters. The van der Waals surface area contributed by atoms with E-state index < -0.39 is 0 Å². The molecule has 0 aliphatic heterocycles. The summed E-state index contributed by atoms with van der Waals surface area (Å²) >= 11 is 0. The van der Waals surface area contributed by atoms with Crippen molar-refractivity contribution in [1.82, 2.24) is 0 Å². The first-order valence-electron chi connectivity index (χ1n) is 5.69. The molecule has 1 aromatic rings. The van der Waals surface area contributed by atoms with Crippen molar-refractivity contribution in [1.29, 1.82) is 0 Å². The minimum atomic E-state index is -0.108. The van der Waals surface area contributed by atoms with E-state index in [4.69, 9.17) is 11.5 Å². The molecule has 0 heterocycles. The first-order chi connectivity index (χ1) is 8.67. The molecule has 0 radical (unpaired) electrons. The maximum atomic E-state index is 11.5. The molecule has 18 heavy (non-hydrogen) atoms. The second-order valence-corrected chi connectivity index (χ2v) is 3.68. The molecule has 0 saturated carbocycles. The predicted molar refractivity (Wildman–Crippen MR) is 71.0 cm³/mol. The van der Waals surface area contributed by atoms with E-state index >= 15 is 0 Å². The van der Waals surface area contributed by atoms with E-state index in [1.807, 2.05) is 0 Å². The summed E-state index contributed by atoms with van der Waals surface area (Å²) in [4.78, 5) is 11.5. The Bertz CT molecular complexity index is 475. The monoisotopic (exact) mass is 247 g/mol. The van der Waals surface area contributed by atoms with Gasteiger partial charge >= 0.3 is 0 Å². The van der Waals surface area contributed by atoms with E-state index in [1.54, 1.807) is 12.1 Å². The number of anilines is 1. The Kier molecular flexibility index (Phi) is 5.71. The van der Waals surface area contributed by atoms with Crippen LogP contribution < -0.4 is 16.8 Å². The molecule has 1 rings (SSSR count). The van der Waals surface area contributed by atoms with Gasteiger partial charge in [0.2, 0.25) is 5.91 Å². The highest BCUT2D eigenvalue weighted by Crippen LogP contribution is 2.20. The fraction of sp³-hybridized carbons (Fsp3) is 0.308.